The van der Waals surface area contributed by atoms with Crippen LogP contribution in [0, 0.1) is 11.3 Å². The summed E-state index contributed by atoms with van der Waals surface area (Å²) in [5.74, 6) is -1.53. The predicted molar refractivity (Wildman–Crippen MR) is 208 cm³/mol. The molecule has 1 aliphatic carbocycles. The predicted octanol–water partition coefficient (Wildman–Crippen LogP) is 1.60. The van der Waals surface area contributed by atoms with Crippen LogP contribution in [0.15, 0.2) is 48.6 Å². The Bertz CT molecular complexity index is 2120. The van der Waals surface area contributed by atoms with E-state index in [0.717, 1.165) is 22.0 Å². The molecule has 2 saturated heterocycles. The van der Waals surface area contributed by atoms with Crippen LogP contribution in [0.5, 0.6) is 0 Å². The molecule has 8 N–H and O–H groups in total. The van der Waals surface area contributed by atoms with Gasteiger partial charge in [0.05, 0.1) is 23.7 Å². The van der Waals surface area contributed by atoms with E-state index in [1.54, 1.807) is 0 Å². The van der Waals surface area contributed by atoms with Gasteiger partial charge in [0.25, 0.3) is 5.91 Å². The van der Waals surface area contributed by atoms with Crippen LogP contribution in [0.2, 0.25) is 0 Å². The zero-order valence-electron chi connectivity index (χ0n) is 32.1. The lowest BCUT2D eigenvalue weighted by Gasteiger charge is -2.63. The summed E-state index contributed by atoms with van der Waals surface area (Å²) in [5.41, 5.74) is 4.62. The van der Waals surface area contributed by atoms with E-state index < -0.39 is 64.5 Å². The zero-order valence-corrected chi connectivity index (χ0v) is 32.1. The number of piperidine rings is 1. The second kappa shape index (κ2) is 12.4. The number of benzene rings is 2. The van der Waals surface area contributed by atoms with Gasteiger partial charge in [-0.2, -0.15) is 0 Å². The Morgan fingerprint density at radius 1 is 1.02 bits per heavy atom. The summed E-state index contributed by atoms with van der Waals surface area (Å²) in [4.78, 5) is 39.0. The second-order valence-electron chi connectivity index (χ2n) is 17.7. The number of carbonyl (C=O) groups excluding carboxylic acids is 2. The Hall–Kier alpha value is -3.62. The molecule has 294 valence electrons. The third-order valence-electron chi connectivity index (χ3n) is 15.4. The Balaban J connectivity index is 1.36. The van der Waals surface area contributed by atoms with Crippen molar-refractivity contribution >= 4 is 28.3 Å². The fraction of sp³-hybridized carbons (Fsp3) is 0.581. The molecule has 0 radical (unpaired) electrons. The molecule has 1 spiro atoms. The van der Waals surface area contributed by atoms with Gasteiger partial charge in [0, 0.05) is 72.4 Å². The van der Waals surface area contributed by atoms with Gasteiger partial charge < -0.3 is 41.2 Å². The summed E-state index contributed by atoms with van der Waals surface area (Å²) in [5, 5.41) is 60.3. The number of aliphatic hydroxyl groups is 5. The Kier molecular flexibility index (Phi) is 8.36. The number of rotatable bonds is 7. The van der Waals surface area contributed by atoms with Crippen LogP contribution < -0.4 is 10.6 Å². The number of anilines is 1. The number of aromatic amines is 1. The monoisotopic (exact) mass is 753 g/mol. The molecule has 1 aromatic heterocycles. The summed E-state index contributed by atoms with van der Waals surface area (Å²) in [6.07, 6.45) is 5.43. The number of amides is 1. The van der Waals surface area contributed by atoms with Crippen molar-refractivity contribution in [3.05, 3.63) is 76.5 Å². The fourth-order valence-corrected chi connectivity index (χ4v) is 13.2. The van der Waals surface area contributed by atoms with Crippen LogP contribution in [-0.2, 0) is 33.4 Å². The number of carbonyl (C=O) groups is 2. The molecule has 6 aliphatic rings. The molecule has 2 bridgehead atoms. The number of nitrogens with two attached hydrogens (primary N) is 1. The molecule has 12 nitrogen and oxygen atoms in total. The maximum atomic E-state index is 15.1. The van der Waals surface area contributed by atoms with Crippen molar-refractivity contribution in [3.8, 4) is 0 Å². The van der Waals surface area contributed by atoms with Gasteiger partial charge >= 0.3 is 0 Å². The van der Waals surface area contributed by atoms with Gasteiger partial charge in [0.15, 0.2) is 11.4 Å². The van der Waals surface area contributed by atoms with Crippen LogP contribution in [-0.4, -0.2) is 128 Å². The number of aliphatic hydroxyl groups excluding tert-OH is 3. The minimum atomic E-state index is -2.34. The largest absolute Gasteiger partial charge is 0.392 e. The van der Waals surface area contributed by atoms with Crippen LogP contribution >= 0.6 is 0 Å². The van der Waals surface area contributed by atoms with Gasteiger partial charge in [-0.1, -0.05) is 50.3 Å². The minimum Gasteiger partial charge on any atom is -0.392 e. The highest BCUT2D eigenvalue weighted by Crippen LogP contribution is 2.67. The van der Waals surface area contributed by atoms with Gasteiger partial charge in [0.2, 0.25) is 0 Å². The molecule has 2 unspecified atom stereocenters. The summed E-state index contributed by atoms with van der Waals surface area (Å²) >= 11 is 0. The second-order valence-corrected chi connectivity index (χ2v) is 17.7. The zero-order chi connectivity index (χ0) is 38.9. The highest BCUT2D eigenvalue weighted by atomic mass is 16.4. The lowest BCUT2D eigenvalue weighted by atomic mass is 9.47. The Morgan fingerprint density at radius 3 is 2.51 bits per heavy atom. The van der Waals surface area contributed by atoms with Crippen LogP contribution in [0.4, 0.5) is 5.69 Å². The average Bonchev–Trinajstić information content (AvgIpc) is 3.84. The molecule has 3 aromatic rings. The SMILES string of the molecule is CC[C@]1(O)C[C@H]2CN(CCc3c([nH]c4ccccc34)[C@@](C(=O)CO)(c3cc4c(cc3CO)N(C)[C@@H]3C45CCN4CC=C[C@](CC)([C@H]45)[C@@H](O)[C@]3(O)C(N)=O)C2)C1. The maximum Gasteiger partial charge on any atom is 0.254 e. The van der Waals surface area contributed by atoms with E-state index in [4.69, 9.17) is 5.73 Å². The summed E-state index contributed by atoms with van der Waals surface area (Å²) in [6, 6.07) is 10.7. The number of nitrogens with one attached hydrogen (secondary N) is 1. The molecular formula is C43H55N5O7. The van der Waals surface area contributed by atoms with Gasteiger partial charge in [-0.3, -0.25) is 19.4 Å². The van der Waals surface area contributed by atoms with Crippen molar-refractivity contribution in [3.63, 3.8) is 0 Å². The lowest BCUT2D eigenvalue weighted by molar-refractivity contribution is -0.201. The third-order valence-corrected chi connectivity index (χ3v) is 15.4. The number of aromatic nitrogens is 1. The van der Waals surface area contributed by atoms with Crippen molar-refractivity contribution in [1.82, 2.24) is 14.8 Å². The van der Waals surface area contributed by atoms with Gasteiger partial charge in [0.1, 0.15) is 12.7 Å². The number of primary amides is 1. The van der Waals surface area contributed by atoms with Crippen molar-refractivity contribution in [2.24, 2.45) is 17.1 Å². The first kappa shape index (κ1) is 37.0. The van der Waals surface area contributed by atoms with Crippen molar-refractivity contribution in [1.29, 1.82) is 0 Å². The number of para-hydroxylation sites is 1. The van der Waals surface area contributed by atoms with Crippen LogP contribution in [0.3, 0.4) is 0 Å². The molecule has 10 atom stereocenters. The molecule has 3 fully saturated rings. The first-order valence-electron chi connectivity index (χ1n) is 20.1. The van der Waals surface area contributed by atoms with Gasteiger partial charge in [-0.05, 0) is 85.4 Å². The van der Waals surface area contributed by atoms with Crippen molar-refractivity contribution in [2.45, 2.75) is 99.2 Å². The molecule has 5 aliphatic heterocycles. The molecular weight excluding hydrogens is 699 g/mol. The third kappa shape index (κ3) is 4.58. The highest BCUT2D eigenvalue weighted by Gasteiger charge is 2.78. The van der Waals surface area contributed by atoms with Crippen LogP contribution in [0.25, 0.3) is 10.9 Å². The standard InChI is InChI=1S/C43H55N5O7/c1-4-39(54)19-25-20-42(33(51)23-50,34-28(11-15-47(21-25)24-39)27-9-6-7-10-31(27)45-34)29-18-30-32(17-26(29)22-49)46(3)36-41(30)13-16-48-14-8-12-40(5-2,35(41)48)37(52)43(36,55)38(44)53/h6-10,12,17-18,25,35-37,45,49-50,52,54-55H,4-5,11,13-16,19-24H2,1-3H3,(H2,44,53)/t25-,35+,36-,37-,39+,40-,41?,42-,43+/m1/s1. The smallest absolute Gasteiger partial charge is 0.254 e. The van der Waals surface area contributed by atoms with Gasteiger partial charge in [-0.25, -0.2) is 0 Å². The van der Waals surface area contributed by atoms with Crippen LogP contribution in [0.1, 0.15) is 73.9 Å². The average molecular weight is 754 g/mol. The molecule has 1 amide bonds. The number of fused-ring (bicyclic) bond motifs is 6. The number of hydrogen-bond donors (Lipinski definition) is 7. The van der Waals surface area contributed by atoms with Gasteiger partial charge in [-0.15, -0.1) is 0 Å². The fourth-order valence-electron chi connectivity index (χ4n) is 13.2. The van der Waals surface area contributed by atoms with E-state index in [0.29, 0.717) is 87.3 Å². The number of H-pyrrole nitrogens is 1. The molecule has 1 saturated carbocycles. The molecule has 55 heavy (non-hydrogen) atoms. The number of nitrogens with zero attached hydrogens (tertiary/aromatic N) is 3. The molecule has 12 heteroatoms. The van der Waals surface area contributed by atoms with E-state index >= 15 is 4.79 Å². The van der Waals surface area contributed by atoms with Crippen molar-refractivity contribution in [2.75, 3.05) is 51.3 Å². The lowest BCUT2D eigenvalue weighted by Crippen LogP contribution is -2.81. The number of likely N-dealkylation sites (N-methyl/N-ethyl adjacent to an activating group) is 1. The van der Waals surface area contributed by atoms with Crippen molar-refractivity contribution < 1.29 is 35.1 Å². The van der Waals surface area contributed by atoms with E-state index in [2.05, 4.69) is 20.9 Å². The van der Waals surface area contributed by atoms with E-state index in [9.17, 15) is 30.3 Å². The quantitative estimate of drug-likeness (QED) is 0.175. The summed E-state index contributed by atoms with van der Waals surface area (Å²) < 4.78 is 0. The number of Topliss-reactive ketones (excluding diaryl/α,β-unsaturated/α-hetero) is 1. The Labute approximate surface area is 321 Å². The summed E-state index contributed by atoms with van der Waals surface area (Å²) in [7, 11) is 1.81. The maximum absolute atomic E-state index is 15.1. The first-order chi connectivity index (χ1) is 26.3. The number of ketones is 1. The first-order valence-corrected chi connectivity index (χ1v) is 20.1. The molecule has 6 heterocycles. The molecule has 9 rings (SSSR count). The minimum absolute atomic E-state index is 0.136. The highest BCUT2D eigenvalue weighted by molar-refractivity contribution is 5.98. The van der Waals surface area contributed by atoms with E-state index in [-0.39, 0.29) is 18.4 Å². The van der Waals surface area contributed by atoms with E-state index in [1.807, 2.05) is 68.3 Å². The number of hydrogen-bond acceptors (Lipinski definition) is 10. The summed E-state index contributed by atoms with van der Waals surface area (Å²) in [6.45, 7) is 6.00. The topological polar surface area (TPSA) is 187 Å². The molecule has 2 aromatic carbocycles. The Morgan fingerprint density at radius 2 is 1.80 bits per heavy atom. The normalized spacial score (nSPS) is 39.1. The van der Waals surface area contributed by atoms with E-state index in [1.165, 1.54) is 0 Å².